The molecule has 3 nitrogen and oxygen atoms in total. The average Bonchev–Trinajstić information content (AvgIpc) is 3.76. The highest BCUT2D eigenvalue weighted by molar-refractivity contribution is 6.17. The lowest BCUT2D eigenvalue weighted by Crippen LogP contribution is -2.14. The van der Waals surface area contributed by atoms with Gasteiger partial charge in [0.05, 0.1) is 27.6 Å². The fourth-order valence-corrected chi connectivity index (χ4v) is 8.78. The number of nitrogens with zero attached hydrogens (tertiary/aromatic N) is 3. The van der Waals surface area contributed by atoms with Crippen molar-refractivity contribution in [3.8, 4) is 27.9 Å². The van der Waals surface area contributed by atoms with Gasteiger partial charge < -0.3 is 4.57 Å². The molecule has 0 spiro atoms. The summed E-state index contributed by atoms with van der Waals surface area (Å²) in [5.41, 5.74) is 15.7. The molecular formula is C46H31N3. The number of imidazole rings is 1. The molecule has 0 aliphatic heterocycles. The maximum atomic E-state index is 5.29. The number of para-hydroxylation sites is 2. The summed E-state index contributed by atoms with van der Waals surface area (Å²) in [4.78, 5) is 5.29. The molecule has 0 bridgehead atoms. The maximum absolute atomic E-state index is 5.29. The Hall–Kier alpha value is -6.19. The van der Waals surface area contributed by atoms with Gasteiger partial charge >= 0.3 is 0 Å². The van der Waals surface area contributed by atoms with Gasteiger partial charge in [-0.25, -0.2) is 4.98 Å². The molecule has 0 unspecified atom stereocenters. The number of fused-ring (bicyclic) bond motifs is 14. The van der Waals surface area contributed by atoms with Crippen LogP contribution in [-0.2, 0) is 5.41 Å². The second kappa shape index (κ2) is 9.46. The normalized spacial score (nSPS) is 13.7. The number of hydrogen-bond donors (Lipinski definition) is 0. The molecular weight excluding hydrogens is 595 g/mol. The third kappa shape index (κ3) is 3.54. The summed E-state index contributed by atoms with van der Waals surface area (Å²) in [6.45, 7) is 4.68. The minimum absolute atomic E-state index is 0.00390. The lowest BCUT2D eigenvalue weighted by Gasteiger charge is -2.21. The van der Waals surface area contributed by atoms with Crippen molar-refractivity contribution < 1.29 is 0 Å². The van der Waals surface area contributed by atoms with Gasteiger partial charge in [0.2, 0.25) is 0 Å². The lowest BCUT2D eigenvalue weighted by atomic mass is 9.82. The van der Waals surface area contributed by atoms with Gasteiger partial charge in [-0.1, -0.05) is 123 Å². The summed E-state index contributed by atoms with van der Waals surface area (Å²) in [5.74, 6) is 0. The highest BCUT2D eigenvalue weighted by Gasteiger charge is 2.35. The van der Waals surface area contributed by atoms with Gasteiger partial charge in [0.15, 0.2) is 0 Å². The second-order valence-electron chi connectivity index (χ2n) is 14.0. The van der Waals surface area contributed by atoms with E-state index < -0.39 is 0 Å². The highest BCUT2D eigenvalue weighted by atomic mass is 15.0. The molecule has 3 heteroatoms. The quantitative estimate of drug-likeness (QED) is 0.175. The van der Waals surface area contributed by atoms with Crippen molar-refractivity contribution in [3.05, 3.63) is 163 Å². The summed E-state index contributed by atoms with van der Waals surface area (Å²) < 4.78 is 4.79. The monoisotopic (exact) mass is 625 g/mol. The Morgan fingerprint density at radius 1 is 0.449 bits per heavy atom. The van der Waals surface area contributed by atoms with Crippen molar-refractivity contribution >= 4 is 60.2 Å². The van der Waals surface area contributed by atoms with E-state index in [2.05, 4.69) is 174 Å². The zero-order chi connectivity index (χ0) is 32.4. The Balaban J connectivity index is 1.17. The molecule has 0 N–H and O–H groups in total. The number of rotatable bonds is 2. The summed E-state index contributed by atoms with van der Waals surface area (Å²) in [7, 11) is 0. The SMILES string of the molecule is CC1(C)c2ccccc2-c2cc(-c3cccc(-n4c5ccccc5c5cc6nc7c8ccccc8c8ccccc8n7c6cc54)c3)ccc21. The van der Waals surface area contributed by atoms with E-state index in [1.54, 1.807) is 0 Å². The smallest absolute Gasteiger partial charge is 0.146 e. The predicted octanol–water partition coefficient (Wildman–Crippen LogP) is 11.9. The minimum Gasteiger partial charge on any atom is -0.309 e. The molecule has 11 rings (SSSR count). The van der Waals surface area contributed by atoms with Gasteiger partial charge in [-0.15, -0.1) is 0 Å². The molecule has 0 amide bonds. The molecule has 49 heavy (non-hydrogen) atoms. The van der Waals surface area contributed by atoms with E-state index in [0.717, 1.165) is 22.4 Å². The van der Waals surface area contributed by atoms with E-state index in [-0.39, 0.29) is 5.41 Å². The Bertz CT molecular complexity index is 3030. The van der Waals surface area contributed by atoms with Crippen LogP contribution >= 0.6 is 0 Å². The van der Waals surface area contributed by atoms with E-state index >= 15 is 0 Å². The van der Waals surface area contributed by atoms with Crippen LogP contribution in [0.1, 0.15) is 25.0 Å². The summed E-state index contributed by atoms with van der Waals surface area (Å²) in [6, 6.07) is 55.7. The fourth-order valence-electron chi connectivity index (χ4n) is 8.78. The van der Waals surface area contributed by atoms with Crippen LogP contribution in [0.3, 0.4) is 0 Å². The Morgan fingerprint density at radius 3 is 1.98 bits per heavy atom. The Kier molecular flexibility index (Phi) is 5.18. The maximum Gasteiger partial charge on any atom is 0.146 e. The number of benzene rings is 7. The highest BCUT2D eigenvalue weighted by Crippen LogP contribution is 2.49. The Morgan fingerprint density at radius 2 is 1.12 bits per heavy atom. The van der Waals surface area contributed by atoms with Gasteiger partial charge in [0.25, 0.3) is 0 Å². The molecule has 230 valence electrons. The van der Waals surface area contributed by atoms with E-state index in [0.29, 0.717) is 0 Å². The second-order valence-corrected chi connectivity index (χ2v) is 14.0. The van der Waals surface area contributed by atoms with E-state index in [9.17, 15) is 0 Å². The molecule has 0 atom stereocenters. The molecule has 0 radical (unpaired) electrons. The first kappa shape index (κ1) is 26.8. The summed E-state index contributed by atoms with van der Waals surface area (Å²) in [5, 5.41) is 6.08. The van der Waals surface area contributed by atoms with Crippen LogP contribution < -0.4 is 0 Å². The first-order valence-electron chi connectivity index (χ1n) is 17.1. The largest absolute Gasteiger partial charge is 0.309 e. The molecule has 0 saturated carbocycles. The minimum atomic E-state index is -0.00390. The van der Waals surface area contributed by atoms with Crippen molar-refractivity contribution in [1.29, 1.82) is 0 Å². The molecule has 7 aromatic carbocycles. The van der Waals surface area contributed by atoms with Crippen LogP contribution in [0.4, 0.5) is 0 Å². The van der Waals surface area contributed by atoms with Crippen molar-refractivity contribution in [2.24, 2.45) is 0 Å². The van der Waals surface area contributed by atoms with Gasteiger partial charge in [-0.05, 0) is 81.2 Å². The van der Waals surface area contributed by atoms with Crippen LogP contribution in [0.25, 0.3) is 88.1 Å². The van der Waals surface area contributed by atoms with Crippen LogP contribution in [0.5, 0.6) is 0 Å². The molecule has 0 saturated heterocycles. The van der Waals surface area contributed by atoms with E-state index in [1.165, 1.54) is 76.9 Å². The van der Waals surface area contributed by atoms with Crippen LogP contribution in [-0.4, -0.2) is 14.0 Å². The van der Waals surface area contributed by atoms with Gasteiger partial charge in [-0.3, -0.25) is 4.40 Å². The van der Waals surface area contributed by atoms with Crippen LogP contribution in [0.15, 0.2) is 152 Å². The number of pyridine rings is 1. The standard InChI is InChI=1S/C46H31N3/c1-46(2)38-19-8-5-15-32(38)36-25-29(22-23-39(36)46)28-12-11-13-30(24-28)48-41-20-9-7-17-34(41)37-26-40-44(27-43(37)48)49-42-21-10-6-16-33(42)31-14-3-4-18-35(31)45(49)47-40/h3-27H,1-2H3. The summed E-state index contributed by atoms with van der Waals surface area (Å²) >= 11 is 0. The van der Waals surface area contributed by atoms with E-state index in [4.69, 9.17) is 4.98 Å². The van der Waals surface area contributed by atoms with Crippen molar-refractivity contribution in [3.63, 3.8) is 0 Å². The lowest BCUT2D eigenvalue weighted by molar-refractivity contribution is 0.660. The third-order valence-electron chi connectivity index (χ3n) is 11.1. The van der Waals surface area contributed by atoms with Crippen LogP contribution in [0.2, 0.25) is 0 Å². The molecule has 10 aromatic rings. The Labute approximate surface area is 283 Å². The first-order valence-corrected chi connectivity index (χ1v) is 17.1. The molecule has 0 fully saturated rings. The van der Waals surface area contributed by atoms with Gasteiger partial charge in [0.1, 0.15) is 5.65 Å². The topological polar surface area (TPSA) is 22.2 Å². The van der Waals surface area contributed by atoms with Crippen LogP contribution in [0, 0.1) is 0 Å². The van der Waals surface area contributed by atoms with E-state index in [1.807, 2.05) is 0 Å². The number of hydrogen-bond acceptors (Lipinski definition) is 1. The molecule has 3 heterocycles. The van der Waals surface area contributed by atoms with Gasteiger partial charge in [-0.2, -0.15) is 0 Å². The van der Waals surface area contributed by atoms with Crippen molar-refractivity contribution in [2.45, 2.75) is 19.3 Å². The fraction of sp³-hybridized carbons (Fsp3) is 0.0652. The summed E-state index contributed by atoms with van der Waals surface area (Å²) in [6.07, 6.45) is 0. The first-order chi connectivity index (χ1) is 24.1. The number of aromatic nitrogens is 3. The third-order valence-corrected chi connectivity index (χ3v) is 11.1. The zero-order valence-electron chi connectivity index (χ0n) is 27.3. The molecule has 3 aromatic heterocycles. The zero-order valence-corrected chi connectivity index (χ0v) is 27.3. The van der Waals surface area contributed by atoms with Crippen molar-refractivity contribution in [2.75, 3.05) is 0 Å². The molecule has 1 aliphatic carbocycles. The van der Waals surface area contributed by atoms with Gasteiger partial charge in [0, 0.05) is 32.6 Å². The average molecular weight is 626 g/mol. The van der Waals surface area contributed by atoms with Crippen molar-refractivity contribution in [1.82, 2.24) is 14.0 Å². The predicted molar refractivity (Wildman–Crippen MR) is 205 cm³/mol. The molecule has 1 aliphatic rings.